The molecule has 0 radical (unpaired) electrons. The lowest BCUT2D eigenvalue weighted by Gasteiger charge is -2.13. The molecule has 0 amide bonds. The van der Waals surface area contributed by atoms with Crippen molar-refractivity contribution in [1.29, 1.82) is 0 Å². The Morgan fingerprint density at radius 3 is 2.00 bits per heavy atom. The molecule has 1 nitrogen and oxygen atoms in total. The molecular weight excluding hydrogens is 184 g/mol. The minimum atomic E-state index is 0.357. The summed E-state index contributed by atoms with van der Waals surface area (Å²) in [6.07, 6.45) is 3.64. The third kappa shape index (κ3) is 4.87. The first-order valence-electron chi connectivity index (χ1n) is 6.06. The third-order valence-electron chi connectivity index (χ3n) is 2.49. The zero-order chi connectivity index (χ0) is 11.7. The summed E-state index contributed by atoms with van der Waals surface area (Å²) in [5.74, 6) is 1.01. The molecule has 0 aliphatic rings. The quantitative estimate of drug-likeness (QED) is 0.759. The first-order valence-corrected chi connectivity index (χ1v) is 6.06. The minimum absolute atomic E-state index is 0.357. The third-order valence-corrected chi connectivity index (χ3v) is 2.49. The smallest absolute Gasteiger partial charge is 0.115 e. The van der Waals surface area contributed by atoms with Gasteiger partial charge in [0.05, 0.1) is 0 Å². The maximum absolute atomic E-state index is 9.14. The van der Waals surface area contributed by atoms with Crippen LogP contribution in [0.4, 0.5) is 0 Å². The Morgan fingerprint density at radius 2 is 1.60 bits per heavy atom. The molecule has 0 fully saturated rings. The van der Waals surface area contributed by atoms with Crippen molar-refractivity contribution in [2.45, 2.75) is 52.9 Å². The van der Waals surface area contributed by atoms with Crippen molar-refractivity contribution in [2.75, 3.05) is 0 Å². The van der Waals surface area contributed by atoms with Crippen LogP contribution < -0.4 is 0 Å². The lowest BCUT2D eigenvalue weighted by Crippen LogP contribution is -1.95. The number of phenolic OH excluding ortho intramolecular Hbond substituents is 1. The van der Waals surface area contributed by atoms with Gasteiger partial charge in [-0.25, -0.2) is 0 Å². The molecule has 0 spiro atoms. The van der Waals surface area contributed by atoms with E-state index in [0.717, 1.165) is 0 Å². The fraction of sp³-hybridized carbons (Fsp3) is 0.571. The van der Waals surface area contributed by atoms with Crippen LogP contribution in [0.15, 0.2) is 24.3 Å². The Bertz CT molecular complexity index is 238. The van der Waals surface area contributed by atoms with Crippen LogP contribution in [0.3, 0.4) is 0 Å². The zero-order valence-electron chi connectivity index (χ0n) is 10.5. The van der Waals surface area contributed by atoms with Gasteiger partial charge in [0.15, 0.2) is 0 Å². The molecule has 0 heterocycles. The van der Waals surface area contributed by atoms with Crippen LogP contribution in [0.25, 0.3) is 0 Å². The Hall–Kier alpha value is -0.980. The van der Waals surface area contributed by atoms with Crippen molar-refractivity contribution in [3.05, 3.63) is 29.8 Å². The summed E-state index contributed by atoms with van der Waals surface area (Å²) in [6, 6.07) is 7.60. The van der Waals surface area contributed by atoms with Gasteiger partial charge in [-0.15, -0.1) is 0 Å². The Morgan fingerprint density at radius 1 is 1.07 bits per heavy atom. The van der Waals surface area contributed by atoms with Crippen LogP contribution >= 0.6 is 0 Å². The first-order chi connectivity index (χ1) is 7.27. The number of phenols is 1. The monoisotopic (exact) mass is 208 g/mol. The van der Waals surface area contributed by atoms with Gasteiger partial charge in [0.2, 0.25) is 0 Å². The normalized spacial score (nSPS) is 11.5. The van der Waals surface area contributed by atoms with Crippen molar-refractivity contribution in [1.82, 2.24) is 0 Å². The first kappa shape index (κ1) is 14.0. The second-order valence-electron chi connectivity index (χ2n) is 3.49. The van der Waals surface area contributed by atoms with Crippen molar-refractivity contribution in [3.8, 4) is 5.75 Å². The highest BCUT2D eigenvalue weighted by atomic mass is 16.3. The molecule has 0 bridgehead atoms. The Labute approximate surface area is 94.2 Å². The average Bonchev–Trinajstić information content (AvgIpc) is 2.30. The van der Waals surface area contributed by atoms with Crippen molar-refractivity contribution < 1.29 is 5.11 Å². The second-order valence-corrected chi connectivity index (χ2v) is 3.49. The predicted molar refractivity (Wildman–Crippen MR) is 67.4 cm³/mol. The predicted octanol–water partition coefficient (Wildman–Crippen LogP) is 4.71. The molecule has 1 aromatic carbocycles. The number of hydrogen-bond donors (Lipinski definition) is 1. The molecule has 0 aliphatic carbocycles. The van der Waals surface area contributed by atoms with Crippen LogP contribution in [-0.2, 0) is 0 Å². The van der Waals surface area contributed by atoms with Crippen molar-refractivity contribution >= 4 is 0 Å². The van der Waals surface area contributed by atoms with Gasteiger partial charge in [0.1, 0.15) is 5.75 Å². The SMILES string of the molecule is CC.CCCC(CC)c1ccc(O)cc1. The molecule has 1 heteroatoms. The van der Waals surface area contributed by atoms with Gasteiger partial charge in [0, 0.05) is 0 Å². The summed E-state index contributed by atoms with van der Waals surface area (Å²) >= 11 is 0. The van der Waals surface area contributed by atoms with Gasteiger partial charge in [-0.3, -0.25) is 0 Å². The molecule has 1 rings (SSSR count). The number of benzene rings is 1. The molecular formula is C14H24O. The summed E-state index contributed by atoms with van der Waals surface area (Å²) in [4.78, 5) is 0. The molecule has 15 heavy (non-hydrogen) atoms. The zero-order valence-corrected chi connectivity index (χ0v) is 10.5. The lowest BCUT2D eigenvalue weighted by molar-refractivity contribution is 0.474. The van der Waals surface area contributed by atoms with E-state index in [1.165, 1.54) is 24.8 Å². The summed E-state index contributed by atoms with van der Waals surface area (Å²) in [7, 11) is 0. The summed E-state index contributed by atoms with van der Waals surface area (Å²) < 4.78 is 0. The number of aromatic hydroxyl groups is 1. The van der Waals surface area contributed by atoms with Crippen LogP contribution in [0, 0.1) is 0 Å². The summed E-state index contributed by atoms with van der Waals surface area (Å²) in [6.45, 7) is 8.43. The maximum atomic E-state index is 9.14. The molecule has 0 saturated carbocycles. The average molecular weight is 208 g/mol. The van der Waals surface area contributed by atoms with Crippen LogP contribution in [0.5, 0.6) is 5.75 Å². The van der Waals surface area contributed by atoms with Crippen LogP contribution in [0.1, 0.15) is 58.4 Å². The second kappa shape index (κ2) is 8.34. The molecule has 1 aromatic rings. The fourth-order valence-electron chi connectivity index (χ4n) is 1.70. The highest BCUT2D eigenvalue weighted by molar-refractivity contribution is 5.28. The number of rotatable bonds is 4. The molecule has 0 aromatic heterocycles. The number of hydrogen-bond acceptors (Lipinski definition) is 1. The van der Waals surface area contributed by atoms with Gasteiger partial charge >= 0.3 is 0 Å². The van der Waals surface area contributed by atoms with E-state index in [1.54, 1.807) is 12.1 Å². The van der Waals surface area contributed by atoms with E-state index in [2.05, 4.69) is 13.8 Å². The highest BCUT2D eigenvalue weighted by Gasteiger charge is 2.07. The van der Waals surface area contributed by atoms with Gasteiger partial charge < -0.3 is 5.11 Å². The van der Waals surface area contributed by atoms with E-state index in [1.807, 2.05) is 26.0 Å². The molecule has 1 atom stereocenters. The Kier molecular flexibility index (Phi) is 7.79. The topological polar surface area (TPSA) is 20.2 Å². The molecule has 86 valence electrons. The van der Waals surface area contributed by atoms with Gasteiger partial charge in [-0.2, -0.15) is 0 Å². The lowest BCUT2D eigenvalue weighted by atomic mass is 9.92. The van der Waals surface area contributed by atoms with E-state index < -0.39 is 0 Å². The summed E-state index contributed by atoms with van der Waals surface area (Å²) in [5.41, 5.74) is 1.35. The summed E-state index contributed by atoms with van der Waals surface area (Å²) in [5, 5.41) is 9.14. The molecule has 1 unspecified atom stereocenters. The molecule has 1 N–H and O–H groups in total. The molecule has 0 saturated heterocycles. The van der Waals surface area contributed by atoms with E-state index >= 15 is 0 Å². The van der Waals surface area contributed by atoms with Gasteiger partial charge in [-0.05, 0) is 36.5 Å². The van der Waals surface area contributed by atoms with Crippen molar-refractivity contribution in [2.24, 2.45) is 0 Å². The van der Waals surface area contributed by atoms with Gasteiger partial charge in [0.25, 0.3) is 0 Å². The van der Waals surface area contributed by atoms with Crippen molar-refractivity contribution in [3.63, 3.8) is 0 Å². The van der Waals surface area contributed by atoms with Crippen LogP contribution in [-0.4, -0.2) is 5.11 Å². The minimum Gasteiger partial charge on any atom is -0.508 e. The van der Waals surface area contributed by atoms with Gasteiger partial charge in [-0.1, -0.05) is 46.2 Å². The van der Waals surface area contributed by atoms with Crippen LogP contribution in [0.2, 0.25) is 0 Å². The van der Waals surface area contributed by atoms with E-state index in [9.17, 15) is 0 Å². The highest BCUT2D eigenvalue weighted by Crippen LogP contribution is 2.25. The Balaban J connectivity index is 0.000000921. The maximum Gasteiger partial charge on any atom is 0.115 e. The van der Waals surface area contributed by atoms with E-state index in [-0.39, 0.29) is 0 Å². The van der Waals surface area contributed by atoms with E-state index in [0.29, 0.717) is 11.7 Å². The molecule has 0 aliphatic heterocycles. The standard InChI is InChI=1S/C12H18O.C2H6/c1-3-5-10(4-2)11-6-8-12(13)9-7-11;1-2/h6-10,13H,3-5H2,1-2H3;1-2H3. The van der Waals surface area contributed by atoms with E-state index in [4.69, 9.17) is 5.11 Å². The largest absolute Gasteiger partial charge is 0.508 e. The fourth-order valence-corrected chi connectivity index (χ4v) is 1.70.